The summed E-state index contributed by atoms with van der Waals surface area (Å²) in [6.07, 6.45) is 6.54. The molecule has 2 aromatic rings. The fraction of sp³-hybridized carbons (Fsp3) is 0.100. The van der Waals surface area contributed by atoms with E-state index >= 15 is 0 Å². The molecule has 1 amide bonds. The molecule has 0 aliphatic carbocycles. The smallest absolute Gasteiger partial charge is 0.266 e. The first-order valence-corrected chi connectivity index (χ1v) is 8.25. The van der Waals surface area contributed by atoms with Gasteiger partial charge in [-0.15, -0.1) is 6.42 Å². The molecule has 0 fully saturated rings. The molecule has 26 heavy (non-hydrogen) atoms. The van der Waals surface area contributed by atoms with Gasteiger partial charge in [0.15, 0.2) is 5.75 Å². The van der Waals surface area contributed by atoms with Crippen LogP contribution in [-0.2, 0) is 4.79 Å². The highest BCUT2D eigenvalue weighted by Gasteiger charge is 2.13. The lowest BCUT2D eigenvalue weighted by molar-refractivity contribution is -0.112. The van der Waals surface area contributed by atoms with Gasteiger partial charge < -0.3 is 10.1 Å². The number of benzene rings is 2. The fourth-order valence-electron chi connectivity index (χ4n) is 2.07. The number of rotatable bonds is 5. The number of ether oxygens (including phenoxy) is 1. The van der Waals surface area contributed by atoms with Gasteiger partial charge in [-0.3, -0.25) is 4.79 Å². The van der Waals surface area contributed by atoms with Crippen molar-refractivity contribution in [2.75, 3.05) is 11.9 Å². The predicted octanol–water partition coefficient (Wildman–Crippen LogP) is 4.86. The zero-order valence-electron chi connectivity index (χ0n) is 13.8. The van der Waals surface area contributed by atoms with Crippen molar-refractivity contribution in [2.45, 2.75) is 6.92 Å². The normalized spacial score (nSPS) is 10.6. The number of carbonyl (C=O) groups excluding carboxylic acids is 1. The van der Waals surface area contributed by atoms with Gasteiger partial charge in [-0.25, -0.2) is 0 Å². The van der Waals surface area contributed by atoms with E-state index in [1.165, 1.54) is 18.2 Å². The molecule has 0 saturated carbocycles. The SMILES string of the molecule is C#CCOc1c(Cl)cc(/C=C(\C#N)C(=O)Nc2ccc(C)cc2)cc1Cl. The Morgan fingerprint density at radius 2 is 1.88 bits per heavy atom. The number of terminal acetylenes is 1. The van der Waals surface area contributed by atoms with Crippen LogP contribution in [0.2, 0.25) is 10.0 Å². The highest BCUT2D eigenvalue weighted by atomic mass is 35.5. The van der Waals surface area contributed by atoms with Crippen LogP contribution in [0.3, 0.4) is 0 Å². The molecule has 0 aromatic heterocycles. The van der Waals surface area contributed by atoms with Gasteiger partial charge in [0, 0.05) is 5.69 Å². The maximum atomic E-state index is 12.3. The molecule has 0 aliphatic heterocycles. The fourth-order valence-corrected chi connectivity index (χ4v) is 2.68. The highest BCUT2D eigenvalue weighted by Crippen LogP contribution is 2.34. The molecule has 2 aromatic carbocycles. The van der Waals surface area contributed by atoms with E-state index in [0.717, 1.165) is 5.56 Å². The first-order chi connectivity index (χ1) is 12.4. The van der Waals surface area contributed by atoms with E-state index in [2.05, 4.69) is 11.2 Å². The molecule has 2 rings (SSSR count). The van der Waals surface area contributed by atoms with Crippen molar-refractivity contribution in [1.82, 2.24) is 0 Å². The van der Waals surface area contributed by atoms with Gasteiger partial charge in [0.05, 0.1) is 10.0 Å². The van der Waals surface area contributed by atoms with Crippen molar-refractivity contribution in [3.05, 3.63) is 63.1 Å². The van der Waals surface area contributed by atoms with E-state index in [-0.39, 0.29) is 28.0 Å². The number of carbonyl (C=O) groups is 1. The lowest BCUT2D eigenvalue weighted by Gasteiger charge is -2.09. The Bertz CT molecular complexity index is 913. The van der Waals surface area contributed by atoms with Crippen LogP contribution in [-0.4, -0.2) is 12.5 Å². The van der Waals surface area contributed by atoms with Gasteiger partial charge in [0.1, 0.15) is 18.2 Å². The average Bonchev–Trinajstić information content (AvgIpc) is 2.61. The molecular formula is C20H14Cl2N2O2. The number of hydrogen-bond donors (Lipinski definition) is 1. The number of nitrogens with zero attached hydrogens (tertiary/aromatic N) is 1. The third-order valence-corrected chi connectivity index (χ3v) is 3.87. The summed E-state index contributed by atoms with van der Waals surface area (Å²) in [5.74, 6) is 2.05. The van der Waals surface area contributed by atoms with Gasteiger partial charge in [0.2, 0.25) is 0 Å². The number of amides is 1. The molecule has 6 heteroatoms. The highest BCUT2D eigenvalue weighted by molar-refractivity contribution is 6.37. The van der Waals surface area contributed by atoms with Crippen molar-refractivity contribution in [2.24, 2.45) is 0 Å². The second-order valence-corrected chi connectivity index (χ2v) is 6.11. The number of hydrogen-bond acceptors (Lipinski definition) is 3. The molecule has 0 radical (unpaired) electrons. The topological polar surface area (TPSA) is 62.1 Å². The first-order valence-electron chi connectivity index (χ1n) is 7.49. The lowest BCUT2D eigenvalue weighted by atomic mass is 10.1. The maximum Gasteiger partial charge on any atom is 0.266 e. The Morgan fingerprint density at radius 1 is 1.27 bits per heavy atom. The molecule has 130 valence electrons. The van der Waals surface area contributed by atoms with Crippen molar-refractivity contribution >= 4 is 40.9 Å². The molecule has 0 aliphatic rings. The summed E-state index contributed by atoms with van der Waals surface area (Å²) in [5.41, 5.74) is 2.06. The Kier molecular flexibility index (Phi) is 6.69. The Labute approximate surface area is 162 Å². The monoisotopic (exact) mass is 384 g/mol. The van der Waals surface area contributed by atoms with E-state index in [1.54, 1.807) is 12.1 Å². The van der Waals surface area contributed by atoms with Crippen LogP contribution in [0, 0.1) is 30.6 Å². The van der Waals surface area contributed by atoms with Gasteiger partial charge in [-0.2, -0.15) is 5.26 Å². The minimum absolute atomic E-state index is 0.0248. The zero-order valence-corrected chi connectivity index (χ0v) is 15.4. The summed E-state index contributed by atoms with van der Waals surface area (Å²) in [6, 6.07) is 12.2. The number of anilines is 1. The molecule has 0 spiro atoms. The average molecular weight is 385 g/mol. The molecule has 0 heterocycles. The van der Waals surface area contributed by atoms with Crippen molar-refractivity contribution < 1.29 is 9.53 Å². The molecule has 0 unspecified atom stereocenters. The molecule has 0 bridgehead atoms. The van der Waals surface area contributed by atoms with Gasteiger partial charge in [-0.05, 0) is 42.8 Å². The summed E-state index contributed by atoms with van der Waals surface area (Å²) in [7, 11) is 0. The van der Waals surface area contributed by atoms with Crippen LogP contribution in [0.15, 0.2) is 42.0 Å². The standard InChI is InChI=1S/C20H14Cl2N2O2/c1-3-8-26-19-17(21)10-14(11-18(19)22)9-15(12-23)20(25)24-16-6-4-13(2)5-7-16/h1,4-7,9-11H,8H2,2H3,(H,24,25)/b15-9+. The largest absolute Gasteiger partial charge is 0.478 e. The van der Waals surface area contributed by atoms with Crippen molar-refractivity contribution in [3.8, 4) is 24.2 Å². The summed E-state index contributed by atoms with van der Waals surface area (Å²) in [6.45, 7) is 1.97. The van der Waals surface area contributed by atoms with E-state index in [4.69, 9.17) is 34.4 Å². The van der Waals surface area contributed by atoms with Gasteiger partial charge in [-0.1, -0.05) is 46.8 Å². The minimum atomic E-state index is -0.531. The predicted molar refractivity (Wildman–Crippen MR) is 104 cm³/mol. The number of nitrogens with one attached hydrogen (secondary N) is 1. The molecular weight excluding hydrogens is 371 g/mol. The number of nitriles is 1. The van der Waals surface area contributed by atoms with Crippen LogP contribution in [0.1, 0.15) is 11.1 Å². The van der Waals surface area contributed by atoms with Crippen LogP contribution in [0.4, 0.5) is 5.69 Å². The Hall–Kier alpha value is -2.92. The third kappa shape index (κ3) is 5.04. The van der Waals surface area contributed by atoms with Crippen molar-refractivity contribution in [3.63, 3.8) is 0 Å². The van der Waals surface area contributed by atoms with E-state index < -0.39 is 5.91 Å². The summed E-state index contributed by atoms with van der Waals surface area (Å²) in [4.78, 5) is 12.3. The molecule has 1 N–H and O–H groups in total. The van der Waals surface area contributed by atoms with Crippen LogP contribution in [0.25, 0.3) is 6.08 Å². The maximum absolute atomic E-state index is 12.3. The van der Waals surface area contributed by atoms with Crippen LogP contribution in [0.5, 0.6) is 5.75 Å². The van der Waals surface area contributed by atoms with E-state index in [1.807, 2.05) is 25.1 Å². The lowest BCUT2D eigenvalue weighted by Crippen LogP contribution is -2.13. The summed E-state index contributed by atoms with van der Waals surface area (Å²) in [5, 5.41) is 12.4. The van der Waals surface area contributed by atoms with Crippen molar-refractivity contribution in [1.29, 1.82) is 5.26 Å². The summed E-state index contributed by atoms with van der Waals surface area (Å²) >= 11 is 12.3. The number of halogens is 2. The quantitative estimate of drug-likeness (QED) is 0.454. The second kappa shape index (κ2) is 8.97. The molecule has 0 atom stereocenters. The number of aryl methyl sites for hydroxylation is 1. The van der Waals surface area contributed by atoms with Gasteiger partial charge >= 0.3 is 0 Å². The van der Waals surface area contributed by atoms with Crippen LogP contribution >= 0.6 is 23.2 Å². The summed E-state index contributed by atoms with van der Waals surface area (Å²) < 4.78 is 5.27. The minimum Gasteiger partial charge on any atom is -0.478 e. The van der Waals surface area contributed by atoms with Gasteiger partial charge in [0.25, 0.3) is 5.91 Å². The molecule has 4 nitrogen and oxygen atoms in total. The Balaban J connectivity index is 2.25. The second-order valence-electron chi connectivity index (χ2n) is 5.30. The van der Waals surface area contributed by atoms with Crippen LogP contribution < -0.4 is 10.1 Å². The first kappa shape index (κ1) is 19.4. The zero-order chi connectivity index (χ0) is 19.1. The Morgan fingerprint density at radius 3 is 2.42 bits per heavy atom. The molecule has 0 saturated heterocycles. The van der Waals surface area contributed by atoms with E-state index in [9.17, 15) is 10.1 Å². The van der Waals surface area contributed by atoms with E-state index in [0.29, 0.717) is 11.3 Å². The third-order valence-electron chi connectivity index (χ3n) is 3.31.